The van der Waals surface area contributed by atoms with E-state index in [1.807, 2.05) is 24.3 Å². The van der Waals surface area contributed by atoms with Crippen molar-refractivity contribution in [3.8, 4) is 33.8 Å². The molecule has 0 unspecified atom stereocenters. The number of hydrogen-bond donors (Lipinski definition) is 0. The van der Waals surface area contributed by atoms with Gasteiger partial charge in [-0.1, -0.05) is 121 Å². The molecule has 12 aromatic rings. The fourth-order valence-corrected chi connectivity index (χ4v) is 11.9. The lowest BCUT2D eigenvalue weighted by Crippen LogP contribution is -2.26. The number of rotatable bonds is 8. The van der Waals surface area contributed by atoms with Gasteiger partial charge in [0, 0.05) is 61.2 Å². The number of fused-ring (bicyclic) bond motifs is 17. The average Bonchev–Trinajstić information content (AvgIpc) is 4.11. The second-order valence-corrected chi connectivity index (χ2v) is 17.9. The molecule has 0 fully saturated rings. The molecule has 0 saturated carbocycles. The molecule has 1 spiro atoms. The van der Waals surface area contributed by atoms with Crippen LogP contribution in [0.4, 0.5) is 34.1 Å². The maximum absolute atomic E-state index is 5.64. The van der Waals surface area contributed by atoms with E-state index in [9.17, 15) is 0 Å². The molecule has 0 saturated heterocycles. The van der Waals surface area contributed by atoms with E-state index >= 15 is 0 Å². The topological polar surface area (TPSA) is 29.4 Å². The normalized spacial score (nSPS) is 13.0. The fraction of sp³-hybridized carbons (Fsp3) is 0.0476. The minimum absolute atomic E-state index is 0.682. The molecular formula is C63H43N3O2. The number of hydrogen-bond acceptors (Lipinski definition) is 4. The van der Waals surface area contributed by atoms with Crippen LogP contribution >= 0.6 is 0 Å². The number of ether oxygens (including phenoxy) is 2. The highest BCUT2D eigenvalue weighted by atomic mass is 16.5. The van der Waals surface area contributed by atoms with Gasteiger partial charge in [-0.3, -0.25) is 0 Å². The molecule has 68 heavy (non-hydrogen) atoms. The summed E-state index contributed by atoms with van der Waals surface area (Å²) in [6.45, 7) is 0. The Labute approximate surface area is 394 Å². The Morgan fingerprint density at radius 2 is 0.809 bits per heavy atom. The Bertz CT molecular complexity index is 3790. The first-order valence-electron chi connectivity index (χ1n) is 23.2. The van der Waals surface area contributed by atoms with Gasteiger partial charge in [0.05, 0.1) is 36.2 Å². The third-order valence-electron chi connectivity index (χ3n) is 14.7. The van der Waals surface area contributed by atoms with E-state index in [0.29, 0.717) is 0 Å². The van der Waals surface area contributed by atoms with Gasteiger partial charge in [0.1, 0.15) is 11.5 Å². The maximum Gasteiger partial charge on any atom is 0.119 e. The van der Waals surface area contributed by atoms with Crippen LogP contribution in [0.2, 0.25) is 0 Å². The Morgan fingerprint density at radius 3 is 1.40 bits per heavy atom. The monoisotopic (exact) mass is 873 g/mol. The van der Waals surface area contributed by atoms with Crippen LogP contribution in [0.15, 0.2) is 224 Å². The number of benzene rings is 10. The van der Waals surface area contributed by atoms with Gasteiger partial charge in [0.15, 0.2) is 0 Å². The minimum Gasteiger partial charge on any atom is -0.497 e. The van der Waals surface area contributed by atoms with E-state index in [-0.39, 0.29) is 0 Å². The molecule has 0 N–H and O–H groups in total. The van der Waals surface area contributed by atoms with Gasteiger partial charge in [-0.25, -0.2) is 0 Å². The number of anilines is 6. The van der Waals surface area contributed by atoms with Crippen LogP contribution < -0.4 is 19.3 Å². The highest BCUT2D eigenvalue weighted by Gasteiger charge is 2.53. The summed E-state index contributed by atoms with van der Waals surface area (Å²) < 4.78 is 13.8. The molecule has 322 valence electrons. The van der Waals surface area contributed by atoms with Gasteiger partial charge in [-0.15, -0.1) is 0 Å². The van der Waals surface area contributed by atoms with E-state index in [2.05, 4.69) is 214 Å². The van der Waals surface area contributed by atoms with Gasteiger partial charge in [-0.2, -0.15) is 0 Å². The van der Waals surface area contributed by atoms with Crippen LogP contribution in [0, 0.1) is 0 Å². The Hall–Kier alpha value is -8.80. The molecule has 10 aromatic carbocycles. The number of aromatic nitrogens is 1. The van der Waals surface area contributed by atoms with Crippen LogP contribution in [-0.4, -0.2) is 18.6 Å². The summed E-state index contributed by atoms with van der Waals surface area (Å²) >= 11 is 0. The van der Waals surface area contributed by atoms with Crippen molar-refractivity contribution in [2.75, 3.05) is 24.0 Å². The molecule has 0 atom stereocenters. The Kier molecular flexibility index (Phi) is 8.26. The van der Waals surface area contributed by atoms with Crippen LogP contribution in [0.5, 0.6) is 11.5 Å². The second-order valence-electron chi connectivity index (χ2n) is 17.9. The first kappa shape index (κ1) is 38.5. The van der Waals surface area contributed by atoms with Gasteiger partial charge >= 0.3 is 0 Å². The third kappa shape index (κ3) is 5.21. The van der Waals surface area contributed by atoms with Crippen molar-refractivity contribution in [3.63, 3.8) is 0 Å². The first-order valence-corrected chi connectivity index (χ1v) is 23.2. The molecule has 5 nitrogen and oxygen atoms in total. The zero-order valence-electron chi connectivity index (χ0n) is 37.5. The van der Waals surface area contributed by atoms with Crippen LogP contribution in [0.25, 0.3) is 60.3 Å². The highest BCUT2D eigenvalue weighted by Crippen LogP contribution is 2.65. The molecule has 2 aromatic heterocycles. The average molecular weight is 874 g/mol. The van der Waals surface area contributed by atoms with Crippen molar-refractivity contribution in [3.05, 3.63) is 247 Å². The van der Waals surface area contributed by atoms with Crippen molar-refractivity contribution in [2.45, 2.75) is 5.41 Å². The second kappa shape index (κ2) is 14.6. The maximum atomic E-state index is 5.64. The largest absolute Gasteiger partial charge is 0.497 e. The standard InChI is InChI=1S/C63H43N3O2/c1-67-46-30-24-42(25-31-46)64(40-14-5-3-6-15-40)44-28-34-48-49-35-29-45(65(41-16-7-4-8-17-41)43-26-32-47(68-2)33-27-43)39-58(49)63(57(48)38-44)55-22-11-9-19-54(55)60-56(63)37-36-53-52-21-13-20-51-50-18-10-12-23-59(50)66(61(51)52)62(53)60/h3-39H,1-2H3. The van der Waals surface area contributed by atoms with E-state index in [1.54, 1.807) is 14.2 Å². The predicted octanol–water partition coefficient (Wildman–Crippen LogP) is 16.1. The van der Waals surface area contributed by atoms with Crippen molar-refractivity contribution < 1.29 is 9.47 Å². The fourth-order valence-electron chi connectivity index (χ4n) is 11.9. The molecule has 0 aliphatic heterocycles. The van der Waals surface area contributed by atoms with Crippen LogP contribution in [0.3, 0.4) is 0 Å². The molecule has 5 heteroatoms. The van der Waals surface area contributed by atoms with Crippen LogP contribution in [0.1, 0.15) is 22.3 Å². The van der Waals surface area contributed by atoms with Crippen molar-refractivity contribution in [1.29, 1.82) is 0 Å². The summed E-state index contributed by atoms with van der Waals surface area (Å²) in [4.78, 5) is 4.74. The summed E-state index contributed by atoms with van der Waals surface area (Å²) in [6, 6.07) is 82.2. The molecule has 0 bridgehead atoms. The number of methoxy groups -OCH3 is 2. The number of para-hydroxylation sites is 4. The molecule has 14 rings (SSSR count). The SMILES string of the molecule is COc1ccc(N(c2ccccc2)c2ccc3c(c2)C2(c4cc(N(c5ccccc5)c5ccc(OC)cc5)ccc4-3)c3ccccc3-c3c2ccc2c4cccc5c6ccccc6n(c32)c54)cc1. The summed E-state index contributed by atoms with van der Waals surface area (Å²) in [5.74, 6) is 1.64. The molecule has 0 amide bonds. The van der Waals surface area contributed by atoms with Gasteiger partial charge < -0.3 is 23.7 Å². The van der Waals surface area contributed by atoms with Crippen LogP contribution in [-0.2, 0) is 5.41 Å². The van der Waals surface area contributed by atoms with Gasteiger partial charge in [0.2, 0.25) is 0 Å². The highest BCUT2D eigenvalue weighted by molar-refractivity contribution is 6.26. The summed E-state index contributed by atoms with van der Waals surface area (Å²) in [5.41, 5.74) is 19.6. The zero-order chi connectivity index (χ0) is 45.1. The van der Waals surface area contributed by atoms with E-state index in [1.165, 1.54) is 82.6 Å². The molecule has 2 aliphatic carbocycles. The van der Waals surface area contributed by atoms with Gasteiger partial charge in [0.25, 0.3) is 0 Å². The van der Waals surface area contributed by atoms with Crippen molar-refractivity contribution >= 4 is 72.2 Å². The van der Waals surface area contributed by atoms with Crippen molar-refractivity contribution in [1.82, 2.24) is 4.40 Å². The zero-order valence-corrected chi connectivity index (χ0v) is 37.5. The molecule has 2 heterocycles. The third-order valence-corrected chi connectivity index (χ3v) is 14.7. The van der Waals surface area contributed by atoms with Crippen molar-refractivity contribution in [2.24, 2.45) is 0 Å². The Morgan fingerprint density at radius 1 is 0.338 bits per heavy atom. The smallest absolute Gasteiger partial charge is 0.119 e. The van der Waals surface area contributed by atoms with E-state index < -0.39 is 5.41 Å². The predicted molar refractivity (Wildman–Crippen MR) is 280 cm³/mol. The summed E-state index contributed by atoms with van der Waals surface area (Å²) in [6.07, 6.45) is 0. The lowest BCUT2D eigenvalue weighted by molar-refractivity contribution is 0.414. The van der Waals surface area contributed by atoms with E-state index in [0.717, 1.165) is 45.6 Å². The summed E-state index contributed by atoms with van der Waals surface area (Å²) in [7, 11) is 3.44. The number of nitrogens with zero attached hydrogens (tertiary/aromatic N) is 3. The minimum atomic E-state index is -0.682. The summed E-state index contributed by atoms with van der Waals surface area (Å²) in [5, 5.41) is 5.11. The lowest BCUT2D eigenvalue weighted by Gasteiger charge is -2.33. The first-order chi connectivity index (χ1) is 33.6. The lowest BCUT2D eigenvalue weighted by atomic mass is 9.70. The Balaban J connectivity index is 1.10. The molecule has 0 radical (unpaired) electrons. The van der Waals surface area contributed by atoms with E-state index in [4.69, 9.17) is 9.47 Å². The molecule has 2 aliphatic rings. The van der Waals surface area contributed by atoms with Gasteiger partial charge in [-0.05, 0) is 142 Å². The molecular weight excluding hydrogens is 831 g/mol. The quantitative estimate of drug-likeness (QED) is 0.152.